The second-order valence-electron chi connectivity index (χ2n) is 4.77. The van der Waals surface area contributed by atoms with Gasteiger partial charge in [-0.25, -0.2) is 0 Å². The lowest BCUT2D eigenvalue weighted by Gasteiger charge is -2.16. The van der Waals surface area contributed by atoms with E-state index in [4.69, 9.17) is 15.2 Å². The van der Waals surface area contributed by atoms with Crippen molar-refractivity contribution in [1.29, 1.82) is 0 Å². The minimum absolute atomic E-state index is 0.0124. The lowest BCUT2D eigenvalue weighted by atomic mass is 10.1. The van der Waals surface area contributed by atoms with Crippen LogP contribution in [0.15, 0.2) is 18.2 Å². The number of carbonyl (C=O) groups excluding carboxylic acids is 1. The number of para-hydroxylation sites is 1. The molecule has 0 heterocycles. The number of hydrogen-bond acceptors (Lipinski definition) is 4. The molecule has 0 spiro atoms. The summed E-state index contributed by atoms with van der Waals surface area (Å²) in [4.78, 5) is 11.6. The SMILES string of the molecule is CCCNC(=O)COc1c(CC(C)N)cccc1OC. The minimum atomic E-state index is -0.135. The molecule has 112 valence electrons. The summed E-state index contributed by atoms with van der Waals surface area (Å²) in [6.45, 7) is 4.56. The van der Waals surface area contributed by atoms with Crippen LogP contribution in [0, 0.1) is 0 Å². The topological polar surface area (TPSA) is 73.6 Å². The molecule has 5 heteroatoms. The molecule has 0 saturated heterocycles. The predicted octanol–water partition coefficient (Wildman–Crippen LogP) is 1.49. The molecular weight excluding hydrogens is 256 g/mol. The van der Waals surface area contributed by atoms with Gasteiger partial charge in [0, 0.05) is 12.6 Å². The second kappa shape index (κ2) is 8.43. The van der Waals surface area contributed by atoms with Crippen molar-refractivity contribution in [3.63, 3.8) is 0 Å². The lowest BCUT2D eigenvalue weighted by molar-refractivity contribution is -0.123. The number of nitrogens with one attached hydrogen (secondary N) is 1. The van der Waals surface area contributed by atoms with E-state index in [-0.39, 0.29) is 18.6 Å². The molecule has 5 nitrogen and oxygen atoms in total. The van der Waals surface area contributed by atoms with E-state index in [2.05, 4.69) is 5.32 Å². The van der Waals surface area contributed by atoms with Crippen LogP contribution >= 0.6 is 0 Å². The Hall–Kier alpha value is -1.75. The van der Waals surface area contributed by atoms with Crippen LogP contribution in [0.3, 0.4) is 0 Å². The Bertz CT molecular complexity index is 433. The first-order valence-electron chi connectivity index (χ1n) is 6.89. The molecule has 0 saturated carbocycles. The normalized spacial score (nSPS) is 11.8. The largest absolute Gasteiger partial charge is 0.493 e. The van der Waals surface area contributed by atoms with Gasteiger partial charge in [0.1, 0.15) is 0 Å². The van der Waals surface area contributed by atoms with Crippen LogP contribution in [0.2, 0.25) is 0 Å². The van der Waals surface area contributed by atoms with Crippen LogP contribution in [0.4, 0.5) is 0 Å². The molecule has 0 aliphatic heterocycles. The number of nitrogens with two attached hydrogens (primary N) is 1. The van der Waals surface area contributed by atoms with E-state index >= 15 is 0 Å². The van der Waals surface area contributed by atoms with Crippen LogP contribution in [-0.2, 0) is 11.2 Å². The molecule has 0 aromatic heterocycles. The fourth-order valence-corrected chi connectivity index (χ4v) is 1.85. The maximum absolute atomic E-state index is 11.6. The number of methoxy groups -OCH3 is 1. The van der Waals surface area contributed by atoms with Crippen molar-refractivity contribution in [3.05, 3.63) is 23.8 Å². The van der Waals surface area contributed by atoms with Gasteiger partial charge in [-0.3, -0.25) is 4.79 Å². The van der Waals surface area contributed by atoms with Gasteiger partial charge in [0.2, 0.25) is 0 Å². The third-order valence-corrected chi connectivity index (χ3v) is 2.74. The number of ether oxygens (including phenoxy) is 2. The van der Waals surface area contributed by atoms with Gasteiger partial charge in [-0.2, -0.15) is 0 Å². The summed E-state index contributed by atoms with van der Waals surface area (Å²) in [6.07, 6.45) is 1.57. The van der Waals surface area contributed by atoms with E-state index in [0.717, 1.165) is 12.0 Å². The van der Waals surface area contributed by atoms with Crippen LogP contribution in [0.25, 0.3) is 0 Å². The smallest absolute Gasteiger partial charge is 0.257 e. The molecule has 1 aromatic carbocycles. The zero-order valence-corrected chi connectivity index (χ0v) is 12.4. The highest BCUT2D eigenvalue weighted by atomic mass is 16.5. The van der Waals surface area contributed by atoms with Gasteiger partial charge in [-0.1, -0.05) is 19.1 Å². The van der Waals surface area contributed by atoms with Crippen molar-refractivity contribution in [3.8, 4) is 11.5 Å². The van der Waals surface area contributed by atoms with E-state index in [1.165, 1.54) is 0 Å². The van der Waals surface area contributed by atoms with Crippen molar-refractivity contribution < 1.29 is 14.3 Å². The fourth-order valence-electron chi connectivity index (χ4n) is 1.85. The van der Waals surface area contributed by atoms with Crippen molar-refractivity contribution >= 4 is 5.91 Å². The Kier molecular flexibility index (Phi) is 6.87. The fraction of sp³-hybridized carbons (Fsp3) is 0.533. The van der Waals surface area contributed by atoms with Gasteiger partial charge in [-0.15, -0.1) is 0 Å². The lowest BCUT2D eigenvalue weighted by Crippen LogP contribution is -2.29. The Morgan fingerprint density at radius 2 is 2.20 bits per heavy atom. The van der Waals surface area contributed by atoms with E-state index in [9.17, 15) is 4.79 Å². The van der Waals surface area contributed by atoms with Gasteiger partial charge in [0.25, 0.3) is 5.91 Å². The summed E-state index contributed by atoms with van der Waals surface area (Å²) in [6, 6.07) is 5.65. The summed E-state index contributed by atoms with van der Waals surface area (Å²) in [5.74, 6) is 1.08. The maximum atomic E-state index is 11.6. The van der Waals surface area contributed by atoms with E-state index in [1.807, 2.05) is 32.0 Å². The molecule has 0 bridgehead atoms. The Labute approximate surface area is 120 Å². The Morgan fingerprint density at radius 3 is 2.80 bits per heavy atom. The predicted molar refractivity (Wildman–Crippen MR) is 79.1 cm³/mol. The Balaban J connectivity index is 2.77. The zero-order chi connectivity index (χ0) is 15.0. The average Bonchev–Trinajstić information content (AvgIpc) is 2.42. The molecule has 1 atom stereocenters. The zero-order valence-electron chi connectivity index (χ0n) is 12.4. The summed E-state index contributed by atoms with van der Waals surface area (Å²) in [7, 11) is 1.58. The quantitative estimate of drug-likeness (QED) is 0.756. The molecule has 20 heavy (non-hydrogen) atoms. The van der Waals surface area contributed by atoms with Crippen LogP contribution in [0.5, 0.6) is 11.5 Å². The molecule has 3 N–H and O–H groups in total. The van der Waals surface area contributed by atoms with Crippen LogP contribution in [-0.4, -0.2) is 32.2 Å². The molecule has 1 unspecified atom stereocenters. The number of hydrogen-bond donors (Lipinski definition) is 2. The third-order valence-electron chi connectivity index (χ3n) is 2.74. The van der Waals surface area contributed by atoms with Crippen molar-refractivity contribution in [1.82, 2.24) is 5.32 Å². The molecule has 1 aromatic rings. The van der Waals surface area contributed by atoms with Crippen molar-refractivity contribution in [2.24, 2.45) is 5.73 Å². The molecule has 0 fully saturated rings. The molecule has 0 aliphatic carbocycles. The maximum Gasteiger partial charge on any atom is 0.257 e. The molecule has 1 rings (SSSR count). The van der Waals surface area contributed by atoms with Gasteiger partial charge >= 0.3 is 0 Å². The highest BCUT2D eigenvalue weighted by Gasteiger charge is 2.13. The second-order valence-corrected chi connectivity index (χ2v) is 4.77. The van der Waals surface area contributed by atoms with E-state index in [1.54, 1.807) is 7.11 Å². The van der Waals surface area contributed by atoms with Gasteiger partial charge in [-0.05, 0) is 31.4 Å². The first kappa shape index (κ1) is 16.3. The Morgan fingerprint density at radius 1 is 1.45 bits per heavy atom. The van der Waals surface area contributed by atoms with Crippen molar-refractivity contribution in [2.75, 3.05) is 20.3 Å². The van der Waals surface area contributed by atoms with Gasteiger partial charge in [0.05, 0.1) is 7.11 Å². The number of benzene rings is 1. The molecular formula is C15H24N2O3. The monoisotopic (exact) mass is 280 g/mol. The summed E-state index contributed by atoms with van der Waals surface area (Å²) in [5.41, 5.74) is 6.78. The third kappa shape index (κ3) is 5.09. The average molecular weight is 280 g/mol. The summed E-state index contributed by atoms with van der Waals surface area (Å²) >= 11 is 0. The first-order chi connectivity index (χ1) is 9.58. The summed E-state index contributed by atoms with van der Waals surface area (Å²) in [5, 5.41) is 2.77. The minimum Gasteiger partial charge on any atom is -0.493 e. The van der Waals surface area contributed by atoms with E-state index in [0.29, 0.717) is 24.5 Å². The van der Waals surface area contributed by atoms with Gasteiger partial charge in [0.15, 0.2) is 18.1 Å². The van der Waals surface area contributed by atoms with Crippen LogP contribution < -0.4 is 20.5 Å². The van der Waals surface area contributed by atoms with Gasteiger partial charge < -0.3 is 20.5 Å². The standard InChI is InChI=1S/C15H24N2O3/c1-4-8-17-14(18)10-20-15-12(9-11(2)16)6-5-7-13(15)19-3/h5-7,11H,4,8-10,16H2,1-3H3,(H,17,18). The molecule has 1 amide bonds. The van der Waals surface area contributed by atoms with Crippen molar-refractivity contribution in [2.45, 2.75) is 32.7 Å². The molecule has 0 aliphatic rings. The van der Waals surface area contributed by atoms with Crippen LogP contribution in [0.1, 0.15) is 25.8 Å². The first-order valence-corrected chi connectivity index (χ1v) is 6.89. The highest BCUT2D eigenvalue weighted by Crippen LogP contribution is 2.31. The summed E-state index contributed by atoms with van der Waals surface area (Å²) < 4.78 is 10.9. The number of carbonyl (C=O) groups is 1. The highest BCUT2D eigenvalue weighted by molar-refractivity contribution is 5.77. The number of rotatable bonds is 8. The number of amides is 1. The molecule has 0 radical (unpaired) electrons. The van der Waals surface area contributed by atoms with E-state index < -0.39 is 0 Å².